The Hall–Kier alpha value is -2.04. The lowest BCUT2D eigenvalue weighted by atomic mass is 9.79. The summed E-state index contributed by atoms with van der Waals surface area (Å²) in [5.41, 5.74) is 0.749. The van der Waals surface area contributed by atoms with Crippen LogP contribution in [0.5, 0.6) is 0 Å². The van der Waals surface area contributed by atoms with E-state index in [-0.39, 0.29) is 16.8 Å². The van der Waals surface area contributed by atoms with Crippen LogP contribution in [0.4, 0.5) is 15.2 Å². The monoisotopic (exact) mass is 373 g/mol. The minimum absolute atomic E-state index is 0.0376. The Labute approximate surface area is 158 Å². The molecule has 1 aliphatic rings. The Morgan fingerprint density at radius 3 is 2.46 bits per heavy atom. The molecule has 3 rings (SSSR count). The van der Waals surface area contributed by atoms with Crippen molar-refractivity contribution >= 4 is 22.2 Å². The minimum atomic E-state index is -0.437. The van der Waals surface area contributed by atoms with Crippen LogP contribution in [-0.4, -0.2) is 34.4 Å². The molecular formula is C19H24FN5S. The number of aromatic nitrogens is 2. The predicted molar refractivity (Wildman–Crippen MR) is 104 cm³/mol. The number of nitrogens with one attached hydrogen (secondary N) is 1. The van der Waals surface area contributed by atoms with Crippen LogP contribution in [0.3, 0.4) is 0 Å². The van der Waals surface area contributed by atoms with Crippen molar-refractivity contribution in [3.63, 3.8) is 0 Å². The highest BCUT2D eigenvalue weighted by Crippen LogP contribution is 2.36. The third-order valence-corrected chi connectivity index (χ3v) is 5.79. The van der Waals surface area contributed by atoms with E-state index in [4.69, 9.17) is 6.57 Å². The number of hydrogen-bond acceptors (Lipinski definition) is 5. The topological polar surface area (TPSA) is 45.4 Å². The zero-order valence-corrected chi connectivity index (χ0v) is 16.6. The summed E-state index contributed by atoms with van der Waals surface area (Å²) in [6, 6.07) is 4.78. The van der Waals surface area contributed by atoms with Crippen LogP contribution in [0.1, 0.15) is 40.5 Å². The number of hydrogen-bond donors (Lipinski definition) is 1. The zero-order chi connectivity index (χ0) is 19.1. The van der Waals surface area contributed by atoms with Gasteiger partial charge in [0.2, 0.25) is 5.13 Å². The molecule has 2 heterocycles. The normalized spacial score (nSPS) is 19.1. The number of rotatable bonds is 3. The second-order valence-electron chi connectivity index (χ2n) is 8.23. The molecule has 5 nitrogen and oxygen atoms in total. The summed E-state index contributed by atoms with van der Waals surface area (Å²) in [5.74, 6) is -0.437. The quantitative estimate of drug-likeness (QED) is 0.796. The van der Waals surface area contributed by atoms with Gasteiger partial charge in [-0.25, -0.2) is 9.24 Å². The van der Waals surface area contributed by atoms with Crippen molar-refractivity contribution in [1.82, 2.24) is 15.5 Å². The Bertz CT molecular complexity index is 836. The van der Waals surface area contributed by atoms with Crippen molar-refractivity contribution in [2.45, 2.75) is 57.7 Å². The Morgan fingerprint density at radius 2 is 1.88 bits per heavy atom. The van der Waals surface area contributed by atoms with Crippen LogP contribution in [0.15, 0.2) is 18.2 Å². The van der Waals surface area contributed by atoms with E-state index in [1.54, 1.807) is 12.1 Å². The van der Waals surface area contributed by atoms with Gasteiger partial charge >= 0.3 is 0 Å². The molecule has 0 spiro atoms. The lowest BCUT2D eigenvalue weighted by molar-refractivity contribution is 0.161. The smallest absolute Gasteiger partial charge is 0.208 e. The number of benzene rings is 1. The van der Waals surface area contributed by atoms with E-state index < -0.39 is 5.82 Å². The fraction of sp³-hybridized carbons (Fsp3) is 0.526. The highest BCUT2D eigenvalue weighted by molar-refractivity contribution is 7.18. The van der Waals surface area contributed by atoms with Crippen LogP contribution >= 0.6 is 11.3 Å². The standard InChI is InChI=1S/C19H24FN5S/c1-18(2)10-13(11-19(3,4)24-18)25(6)17-23-22-16(26-17)14-8-7-12(21-5)9-15(14)20/h7-9,13,24H,10-11H2,1-4,6H3. The maximum Gasteiger partial charge on any atom is 0.208 e. The molecule has 0 atom stereocenters. The first-order valence-corrected chi connectivity index (χ1v) is 9.45. The second-order valence-corrected chi connectivity index (χ2v) is 9.19. The highest BCUT2D eigenvalue weighted by Gasteiger charge is 2.39. The molecule has 7 heteroatoms. The van der Waals surface area contributed by atoms with Gasteiger partial charge in [0, 0.05) is 29.7 Å². The maximum absolute atomic E-state index is 14.3. The fourth-order valence-corrected chi connectivity index (χ4v) is 4.82. The molecular weight excluding hydrogens is 349 g/mol. The molecule has 138 valence electrons. The van der Waals surface area contributed by atoms with E-state index in [1.165, 1.54) is 17.4 Å². The lowest BCUT2D eigenvalue weighted by Crippen LogP contribution is -2.61. The van der Waals surface area contributed by atoms with Crippen LogP contribution in [0.2, 0.25) is 0 Å². The maximum atomic E-state index is 14.3. The van der Waals surface area contributed by atoms with E-state index in [2.05, 4.69) is 53.0 Å². The van der Waals surface area contributed by atoms with Gasteiger partial charge in [0.15, 0.2) is 10.7 Å². The third kappa shape index (κ3) is 3.87. The molecule has 0 aliphatic carbocycles. The molecule has 0 amide bonds. The van der Waals surface area contributed by atoms with Crippen LogP contribution in [-0.2, 0) is 0 Å². The van der Waals surface area contributed by atoms with Crippen molar-refractivity contribution in [3.05, 3.63) is 35.4 Å². The van der Waals surface area contributed by atoms with E-state index in [0.29, 0.717) is 16.6 Å². The van der Waals surface area contributed by atoms with Gasteiger partial charge in [0.25, 0.3) is 0 Å². The average molecular weight is 374 g/mol. The van der Waals surface area contributed by atoms with Gasteiger partial charge in [0.05, 0.1) is 6.57 Å². The minimum Gasteiger partial charge on any atom is -0.347 e. The number of nitrogens with zero attached hydrogens (tertiary/aromatic N) is 4. The van der Waals surface area contributed by atoms with Crippen molar-refractivity contribution < 1.29 is 4.39 Å². The largest absolute Gasteiger partial charge is 0.347 e. The van der Waals surface area contributed by atoms with Crippen molar-refractivity contribution in [3.8, 4) is 10.6 Å². The van der Waals surface area contributed by atoms with E-state index >= 15 is 0 Å². The van der Waals surface area contributed by atoms with Gasteiger partial charge in [-0.2, -0.15) is 0 Å². The molecule has 0 radical (unpaired) electrons. The summed E-state index contributed by atoms with van der Waals surface area (Å²) < 4.78 is 14.3. The van der Waals surface area contributed by atoms with Gasteiger partial charge in [-0.1, -0.05) is 23.5 Å². The number of piperidine rings is 1. The molecule has 0 saturated carbocycles. The van der Waals surface area contributed by atoms with Gasteiger partial charge in [-0.05, 0) is 46.6 Å². The Morgan fingerprint density at radius 1 is 1.23 bits per heavy atom. The van der Waals surface area contributed by atoms with E-state index in [9.17, 15) is 4.39 Å². The van der Waals surface area contributed by atoms with Crippen LogP contribution in [0.25, 0.3) is 15.4 Å². The summed E-state index contributed by atoms with van der Waals surface area (Å²) in [4.78, 5) is 5.41. The summed E-state index contributed by atoms with van der Waals surface area (Å²) in [5, 5.41) is 13.5. The molecule has 1 aromatic carbocycles. The average Bonchev–Trinajstić information content (AvgIpc) is 3.00. The van der Waals surface area contributed by atoms with Gasteiger partial charge in [-0.3, -0.25) is 0 Å². The molecule has 2 aromatic rings. The molecule has 1 aliphatic heterocycles. The molecule has 26 heavy (non-hydrogen) atoms. The van der Waals surface area contributed by atoms with Crippen LogP contribution in [0, 0.1) is 12.4 Å². The first-order valence-electron chi connectivity index (χ1n) is 8.63. The first-order chi connectivity index (χ1) is 12.1. The SMILES string of the molecule is [C-]#[N+]c1ccc(-c2nnc(N(C)C3CC(C)(C)NC(C)(C)C3)s2)c(F)c1. The number of halogens is 1. The van der Waals surface area contributed by atoms with Crippen LogP contribution < -0.4 is 10.2 Å². The summed E-state index contributed by atoms with van der Waals surface area (Å²) in [6.07, 6.45) is 1.99. The van der Waals surface area contributed by atoms with Gasteiger partial charge in [0.1, 0.15) is 5.82 Å². The van der Waals surface area contributed by atoms with Gasteiger partial charge < -0.3 is 10.2 Å². The third-order valence-electron chi connectivity index (χ3n) is 4.74. The molecule has 0 unspecified atom stereocenters. The fourth-order valence-electron chi connectivity index (χ4n) is 3.91. The molecule has 1 fully saturated rings. The molecule has 0 bridgehead atoms. The number of anilines is 1. The molecule has 1 N–H and O–H groups in total. The summed E-state index contributed by atoms with van der Waals surface area (Å²) >= 11 is 1.38. The predicted octanol–water partition coefficient (Wildman–Crippen LogP) is 4.64. The summed E-state index contributed by atoms with van der Waals surface area (Å²) in [7, 11) is 2.03. The summed E-state index contributed by atoms with van der Waals surface area (Å²) in [6.45, 7) is 15.8. The molecule has 1 aromatic heterocycles. The Balaban J connectivity index is 1.84. The van der Waals surface area contributed by atoms with E-state index in [1.807, 2.05) is 7.05 Å². The Kier molecular flexibility index (Phi) is 4.76. The van der Waals surface area contributed by atoms with Crippen molar-refractivity contribution in [2.75, 3.05) is 11.9 Å². The van der Waals surface area contributed by atoms with Gasteiger partial charge in [-0.15, -0.1) is 10.2 Å². The van der Waals surface area contributed by atoms with Crippen molar-refractivity contribution in [2.24, 2.45) is 0 Å². The highest BCUT2D eigenvalue weighted by atomic mass is 32.1. The lowest BCUT2D eigenvalue weighted by Gasteiger charge is -2.48. The molecule has 1 saturated heterocycles. The van der Waals surface area contributed by atoms with E-state index in [0.717, 1.165) is 18.0 Å². The first kappa shape index (κ1) is 18.7. The van der Waals surface area contributed by atoms with Crippen molar-refractivity contribution in [1.29, 1.82) is 0 Å². The second kappa shape index (κ2) is 6.60. The zero-order valence-electron chi connectivity index (χ0n) is 15.8.